The monoisotopic (exact) mass is 266 g/mol. The molecule has 0 aliphatic heterocycles. The van der Waals surface area contributed by atoms with Crippen molar-refractivity contribution in [2.24, 2.45) is 5.92 Å². The van der Waals surface area contributed by atoms with Gasteiger partial charge in [-0.2, -0.15) is 0 Å². The third-order valence-electron chi connectivity index (χ3n) is 2.58. The summed E-state index contributed by atoms with van der Waals surface area (Å²) >= 11 is 0. The second-order valence-corrected chi connectivity index (χ2v) is 4.86. The van der Waals surface area contributed by atoms with Crippen molar-refractivity contribution < 1.29 is 14.6 Å². The molecule has 0 spiro atoms. The Kier molecular flexibility index (Phi) is 6.29. The standard InChI is InChI=1S/C14H22N2O3/c1-4-13(14(17)18)19-12-6-5-11(16-9-12)8-15-7-10(2)3/h5-6,9-10,13,15H,4,7-8H2,1-3H3,(H,17,18). The van der Waals surface area contributed by atoms with Crippen molar-refractivity contribution in [3.63, 3.8) is 0 Å². The molecule has 1 aromatic rings. The average Bonchev–Trinajstić information content (AvgIpc) is 2.37. The van der Waals surface area contributed by atoms with E-state index in [4.69, 9.17) is 9.84 Å². The van der Waals surface area contributed by atoms with Gasteiger partial charge in [0.15, 0.2) is 6.10 Å². The van der Waals surface area contributed by atoms with Crippen LogP contribution in [0.3, 0.4) is 0 Å². The highest BCUT2D eigenvalue weighted by Crippen LogP contribution is 2.13. The third kappa shape index (κ3) is 5.70. The minimum absolute atomic E-state index is 0.424. The summed E-state index contributed by atoms with van der Waals surface area (Å²) in [6.45, 7) is 7.71. The maximum absolute atomic E-state index is 10.9. The molecule has 19 heavy (non-hydrogen) atoms. The van der Waals surface area contributed by atoms with Gasteiger partial charge in [0, 0.05) is 6.54 Å². The van der Waals surface area contributed by atoms with E-state index in [-0.39, 0.29) is 0 Å². The molecule has 1 rings (SSSR count). The Bertz CT molecular complexity index is 390. The number of nitrogens with one attached hydrogen (secondary N) is 1. The van der Waals surface area contributed by atoms with E-state index < -0.39 is 12.1 Å². The summed E-state index contributed by atoms with van der Waals surface area (Å²) in [5, 5.41) is 12.2. The van der Waals surface area contributed by atoms with Crippen LogP contribution in [-0.2, 0) is 11.3 Å². The Hall–Kier alpha value is -1.62. The van der Waals surface area contributed by atoms with E-state index in [1.165, 1.54) is 0 Å². The van der Waals surface area contributed by atoms with Crippen LogP contribution in [0, 0.1) is 5.92 Å². The summed E-state index contributed by atoms with van der Waals surface area (Å²) in [5.74, 6) is 0.135. The molecule has 2 N–H and O–H groups in total. The molecule has 0 saturated carbocycles. The van der Waals surface area contributed by atoms with Gasteiger partial charge in [-0.25, -0.2) is 4.79 Å². The maximum Gasteiger partial charge on any atom is 0.344 e. The summed E-state index contributed by atoms with van der Waals surface area (Å²) in [5.41, 5.74) is 0.913. The van der Waals surface area contributed by atoms with Crippen molar-refractivity contribution in [3.05, 3.63) is 24.0 Å². The normalized spacial score (nSPS) is 12.4. The molecule has 1 aromatic heterocycles. The molecule has 0 fully saturated rings. The van der Waals surface area contributed by atoms with Gasteiger partial charge in [0.1, 0.15) is 5.75 Å². The van der Waals surface area contributed by atoms with Gasteiger partial charge in [-0.15, -0.1) is 0 Å². The van der Waals surface area contributed by atoms with Gasteiger partial charge >= 0.3 is 5.97 Å². The third-order valence-corrected chi connectivity index (χ3v) is 2.58. The van der Waals surface area contributed by atoms with Crippen molar-refractivity contribution in [1.29, 1.82) is 0 Å². The number of aromatic nitrogens is 1. The molecule has 1 heterocycles. The fourth-order valence-corrected chi connectivity index (χ4v) is 1.55. The second-order valence-electron chi connectivity index (χ2n) is 4.86. The topological polar surface area (TPSA) is 71.5 Å². The van der Waals surface area contributed by atoms with Crippen LogP contribution in [0.4, 0.5) is 0 Å². The lowest BCUT2D eigenvalue weighted by molar-refractivity contribution is -0.145. The number of aliphatic carboxylic acids is 1. The number of ether oxygens (including phenoxy) is 1. The van der Waals surface area contributed by atoms with Gasteiger partial charge in [-0.05, 0) is 31.0 Å². The highest BCUT2D eigenvalue weighted by atomic mass is 16.5. The fourth-order valence-electron chi connectivity index (χ4n) is 1.55. The van der Waals surface area contributed by atoms with Crippen LogP contribution in [0.15, 0.2) is 18.3 Å². The fraction of sp³-hybridized carbons (Fsp3) is 0.571. The summed E-state index contributed by atoms with van der Waals surface area (Å²) < 4.78 is 5.34. The summed E-state index contributed by atoms with van der Waals surface area (Å²) in [7, 11) is 0. The van der Waals surface area contributed by atoms with Crippen LogP contribution < -0.4 is 10.1 Å². The SMILES string of the molecule is CCC(Oc1ccc(CNCC(C)C)nc1)C(=O)O. The van der Waals surface area contributed by atoms with Gasteiger partial charge in [0.2, 0.25) is 0 Å². The lowest BCUT2D eigenvalue weighted by Gasteiger charge is -2.13. The molecule has 5 heteroatoms. The molecule has 1 atom stereocenters. The highest BCUT2D eigenvalue weighted by molar-refractivity contribution is 5.72. The number of nitrogens with zero attached hydrogens (tertiary/aromatic N) is 1. The number of carboxylic acid groups (broad SMARTS) is 1. The second kappa shape index (κ2) is 7.74. The van der Waals surface area contributed by atoms with Crippen molar-refractivity contribution in [2.75, 3.05) is 6.54 Å². The quantitative estimate of drug-likeness (QED) is 0.753. The Morgan fingerprint density at radius 2 is 2.21 bits per heavy atom. The lowest BCUT2D eigenvalue weighted by atomic mass is 10.2. The number of hydrogen-bond acceptors (Lipinski definition) is 4. The van der Waals surface area contributed by atoms with Crippen LogP contribution in [0.2, 0.25) is 0 Å². The molecule has 0 bridgehead atoms. The first-order chi connectivity index (χ1) is 9.02. The zero-order chi connectivity index (χ0) is 14.3. The van der Waals surface area contributed by atoms with E-state index >= 15 is 0 Å². The highest BCUT2D eigenvalue weighted by Gasteiger charge is 2.16. The number of carboxylic acids is 1. The van der Waals surface area contributed by atoms with Crippen molar-refractivity contribution >= 4 is 5.97 Å². The van der Waals surface area contributed by atoms with E-state index in [2.05, 4.69) is 24.1 Å². The molecule has 0 saturated heterocycles. The van der Waals surface area contributed by atoms with Crippen LogP contribution >= 0.6 is 0 Å². The summed E-state index contributed by atoms with van der Waals surface area (Å²) in [4.78, 5) is 15.1. The van der Waals surface area contributed by atoms with Crippen LogP contribution in [0.5, 0.6) is 5.75 Å². The number of rotatable bonds is 8. The molecule has 106 valence electrons. The molecule has 1 unspecified atom stereocenters. The number of carbonyl (C=O) groups is 1. The van der Waals surface area contributed by atoms with Crippen LogP contribution in [-0.4, -0.2) is 28.7 Å². The molecule has 0 aromatic carbocycles. The molecule has 0 aliphatic carbocycles. The van der Waals surface area contributed by atoms with Crippen molar-refractivity contribution in [3.8, 4) is 5.75 Å². The summed E-state index contributed by atoms with van der Waals surface area (Å²) in [6, 6.07) is 3.60. The largest absolute Gasteiger partial charge is 0.479 e. The van der Waals surface area contributed by atoms with E-state index in [0.717, 1.165) is 12.2 Å². The summed E-state index contributed by atoms with van der Waals surface area (Å²) in [6.07, 6.45) is 1.18. The van der Waals surface area contributed by atoms with E-state index in [9.17, 15) is 4.79 Å². The van der Waals surface area contributed by atoms with Gasteiger partial charge in [-0.3, -0.25) is 4.98 Å². The van der Waals surface area contributed by atoms with E-state index in [0.29, 0.717) is 24.6 Å². The Labute approximate surface area is 114 Å². The molecular formula is C14H22N2O3. The van der Waals surface area contributed by atoms with Crippen LogP contribution in [0.25, 0.3) is 0 Å². The lowest BCUT2D eigenvalue weighted by Crippen LogP contribution is -2.26. The van der Waals surface area contributed by atoms with Gasteiger partial charge in [0.25, 0.3) is 0 Å². The zero-order valence-electron chi connectivity index (χ0n) is 11.7. The van der Waals surface area contributed by atoms with Gasteiger partial charge in [-0.1, -0.05) is 20.8 Å². The van der Waals surface area contributed by atoms with E-state index in [1.54, 1.807) is 19.2 Å². The molecule has 0 amide bonds. The molecule has 5 nitrogen and oxygen atoms in total. The minimum atomic E-state index is -0.954. The minimum Gasteiger partial charge on any atom is -0.479 e. The Balaban J connectivity index is 2.49. The van der Waals surface area contributed by atoms with E-state index in [1.807, 2.05) is 6.07 Å². The smallest absolute Gasteiger partial charge is 0.344 e. The molecular weight excluding hydrogens is 244 g/mol. The number of pyridine rings is 1. The average molecular weight is 266 g/mol. The first kappa shape index (κ1) is 15.4. The zero-order valence-corrected chi connectivity index (χ0v) is 11.7. The Morgan fingerprint density at radius 1 is 1.47 bits per heavy atom. The predicted octanol–water partition coefficient (Wildman–Crippen LogP) is 2.07. The van der Waals surface area contributed by atoms with Crippen molar-refractivity contribution in [1.82, 2.24) is 10.3 Å². The van der Waals surface area contributed by atoms with Gasteiger partial charge < -0.3 is 15.2 Å². The van der Waals surface area contributed by atoms with Crippen molar-refractivity contribution in [2.45, 2.75) is 39.8 Å². The first-order valence-corrected chi connectivity index (χ1v) is 6.58. The predicted molar refractivity (Wildman–Crippen MR) is 73.1 cm³/mol. The van der Waals surface area contributed by atoms with Crippen LogP contribution in [0.1, 0.15) is 32.9 Å². The maximum atomic E-state index is 10.9. The van der Waals surface area contributed by atoms with Gasteiger partial charge in [0.05, 0.1) is 11.9 Å². The first-order valence-electron chi connectivity index (χ1n) is 6.58. The number of hydrogen-bond donors (Lipinski definition) is 2. The Morgan fingerprint density at radius 3 is 2.68 bits per heavy atom. The molecule has 0 aliphatic rings. The molecule has 0 radical (unpaired) electrons.